The van der Waals surface area contributed by atoms with Crippen LogP contribution in [0.4, 0.5) is 0 Å². The van der Waals surface area contributed by atoms with Crippen molar-refractivity contribution in [1.29, 1.82) is 0 Å². The number of carbonyl (C=O) groups is 1. The van der Waals surface area contributed by atoms with Crippen LogP contribution >= 0.6 is 11.8 Å². The van der Waals surface area contributed by atoms with Gasteiger partial charge in [0.1, 0.15) is 5.52 Å². The van der Waals surface area contributed by atoms with Gasteiger partial charge in [-0.1, -0.05) is 25.1 Å². The summed E-state index contributed by atoms with van der Waals surface area (Å²) in [6.07, 6.45) is 4.17. The molecule has 0 atom stereocenters. The van der Waals surface area contributed by atoms with Crippen LogP contribution < -0.4 is 0 Å². The van der Waals surface area contributed by atoms with Gasteiger partial charge in [0.25, 0.3) is 0 Å². The summed E-state index contributed by atoms with van der Waals surface area (Å²) in [4.78, 5) is 11.2. The van der Waals surface area contributed by atoms with Gasteiger partial charge in [0.05, 0.1) is 17.6 Å². The predicted octanol–water partition coefficient (Wildman–Crippen LogP) is 3.05. The van der Waals surface area contributed by atoms with E-state index >= 15 is 0 Å². The Labute approximate surface area is 122 Å². The molecule has 5 nitrogen and oxygen atoms in total. The second-order valence-electron chi connectivity index (χ2n) is 4.82. The van der Waals surface area contributed by atoms with Gasteiger partial charge in [-0.3, -0.25) is 0 Å². The van der Waals surface area contributed by atoms with Crippen LogP contribution in [0.25, 0.3) is 11.0 Å². The van der Waals surface area contributed by atoms with Crippen LogP contribution in [0.15, 0.2) is 18.2 Å². The molecule has 0 saturated heterocycles. The highest BCUT2D eigenvalue weighted by atomic mass is 32.2. The minimum Gasteiger partial charge on any atom is -0.478 e. The Morgan fingerprint density at radius 1 is 1.40 bits per heavy atom. The topological polar surface area (TPSA) is 68.0 Å². The third-order valence-electron chi connectivity index (χ3n) is 3.94. The van der Waals surface area contributed by atoms with E-state index in [2.05, 4.69) is 30.4 Å². The first-order chi connectivity index (χ1) is 9.56. The molecule has 0 aliphatic rings. The Hall–Kier alpha value is -1.56. The number of hydrogen-bond acceptors (Lipinski definition) is 4. The number of benzene rings is 1. The van der Waals surface area contributed by atoms with Crippen LogP contribution in [-0.4, -0.2) is 37.1 Å². The van der Waals surface area contributed by atoms with E-state index < -0.39 is 5.97 Å². The Kier molecular flexibility index (Phi) is 4.32. The number of thioether (sulfide) groups is 1. The highest BCUT2D eigenvalue weighted by Crippen LogP contribution is 2.33. The van der Waals surface area contributed by atoms with Gasteiger partial charge in [0, 0.05) is 4.75 Å². The number of fused-ring (bicyclic) bond motifs is 1. The lowest BCUT2D eigenvalue weighted by Gasteiger charge is -2.29. The Morgan fingerprint density at radius 2 is 2.10 bits per heavy atom. The van der Waals surface area contributed by atoms with Gasteiger partial charge in [-0.15, -0.1) is 5.10 Å². The minimum absolute atomic E-state index is 0.111. The molecular weight excluding hydrogens is 274 g/mol. The maximum atomic E-state index is 11.2. The second-order valence-corrected chi connectivity index (χ2v) is 6.09. The summed E-state index contributed by atoms with van der Waals surface area (Å²) in [7, 11) is 0. The normalized spacial score (nSPS) is 11.9. The van der Waals surface area contributed by atoms with Gasteiger partial charge in [-0.25, -0.2) is 9.48 Å². The highest BCUT2D eigenvalue weighted by molar-refractivity contribution is 8.00. The summed E-state index contributed by atoms with van der Waals surface area (Å²) in [5.41, 5.74) is 1.45. The summed E-state index contributed by atoms with van der Waals surface area (Å²) in [5, 5.41) is 17.4. The van der Waals surface area contributed by atoms with Crippen LogP contribution in [0, 0.1) is 0 Å². The Bertz CT molecular complexity index is 612. The van der Waals surface area contributed by atoms with E-state index in [1.807, 2.05) is 22.5 Å². The van der Waals surface area contributed by atoms with Crippen LogP contribution in [-0.2, 0) is 6.54 Å². The summed E-state index contributed by atoms with van der Waals surface area (Å²) in [6.45, 7) is 5.07. The minimum atomic E-state index is -0.968. The largest absolute Gasteiger partial charge is 0.478 e. The molecule has 2 aromatic rings. The van der Waals surface area contributed by atoms with E-state index in [0.29, 0.717) is 5.52 Å². The fraction of sp³-hybridized carbons (Fsp3) is 0.500. The fourth-order valence-electron chi connectivity index (χ4n) is 2.38. The van der Waals surface area contributed by atoms with Gasteiger partial charge < -0.3 is 5.11 Å². The monoisotopic (exact) mass is 293 g/mol. The molecular formula is C14H19N3O2S. The highest BCUT2D eigenvalue weighted by Gasteiger charge is 2.27. The molecule has 0 bridgehead atoms. The molecule has 6 heteroatoms. The first kappa shape index (κ1) is 14.8. The smallest absolute Gasteiger partial charge is 0.338 e. The third kappa shape index (κ3) is 2.52. The van der Waals surface area contributed by atoms with E-state index in [0.717, 1.165) is 24.9 Å². The number of nitrogens with zero attached hydrogens (tertiary/aromatic N) is 3. The van der Waals surface area contributed by atoms with Gasteiger partial charge in [0.2, 0.25) is 0 Å². The molecule has 0 fully saturated rings. The molecule has 0 amide bonds. The molecule has 2 rings (SSSR count). The lowest BCUT2D eigenvalue weighted by molar-refractivity contribution is 0.0699. The molecule has 108 valence electrons. The van der Waals surface area contributed by atoms with Crippen molar-refractivity contribution >= 4 is 28.8 Å². The molecule has 0 aliphatic carbocycles. The molecule has 0 spiro atoms. The fourth-order valence-corrected chi connectivity index (χ4v) is 3.21. The second kappa shape index (κ2) is 5.83. The number of carboxylic acids is 1. The molecule has 1 N–H and O–H groups in total. The molecule has 0 saturated carbocycles. The van der Waals surface area contributed by atoms with Crippen LogP contribution in [0.1, 0.15) is 37.0 Å². The van der Waals surface area contributed by atoms with E-state index in [-0.39, 0.29) is 10.3 Å². The zero-order valence-electron chi connectivity index (χ0n) is 12.0. The quantitative estimate of drug-likeness (QED) is 0.886. The first-order valence-corrected chi connectivity index (χ1v) is 7.90. The zero-order chi connectivity index (χ0) is 14.8. The lowest BCUT2D eigenvalue weighted by Crippen LogP contribution is -2.29. The Balaban J connectivity index is 2.47. The number of aromatic nitrogens is 3. The van der Waals surface area contributed by atoms with Gasteiger partial charge in [-0.05, 0) is 31.2 Å². The van der Waals surface area contributed by atoms with E-state index in [4.69, 9.17) is 0 Å². The SMILES string of the molecule is CCC(CC)(Cn1nnc2c(C(=O)O)cccc21)SC. The maximum absolute atomic E-state index is 11.2. The number of hydrogen-bond donors (Lipinski definition) is 1. The van der Waals surface area contributed by atoms with Crippen molar-refractivity contribution in [3.05, 3.63) is 23.8 Å². The summed E-state index contributed by atoms with van der Waals surface area (Å²) < 4.78 is 1.94. The summed E-state index contributed by atoms with van der Waals surface area (Å²) >= 11 is 1.83. The van der Waals surface area contributed by atoms with Crippen LogP contribution in [0.5, 0.6) is 0 Å². The molecule has 0 aliphatic heterocycles. The molecule has 1 aromatic carbocycles. The van der Waals surface area contributed by atoms with Crippen molar-refractivity contribution in [2.75, 3.05) is 6.26 Å². The standard InChI is InChI=1S/C14H19N3O2S/c1-4-14(5-2,20-3)9-17-11-8-6-7-10(13(18)19)12(11)15-16-17/h6-8H,4-5,9H2,1-3H3,(H,18,19). The zero-order valence-corrected chi connectivity index (χ0v) is 12.8. The van der Waals surface area contributed by atoms with Crippen molar-refractivity contribution in [3.8, 4) is 0 Å². The van der Waals surface area contributed by atoms with E-state index in [1.165, 1.54) is 0 Å². The predicted molar refractivity (Wildman–Crippen MR) is 81.3 cm³/mol. The lowest BCUT2D eigenvalue weighted by atomic mass is 10.0. The van der Waals surface area contributed by atoms with Gasteiger partial charge in [0.15, 0.2) is 0 Å². The number of carboxylic acid groups (broad SMARTS) is 1. The first-order valence-electron chi connectivity index (χ1n) is 6.67. The Morgan fingerprint density at radius 3 is 2.65 bits per heavy atom. The number of aromatic carboxylic acids is 1. The summed E-state index contributed by atoms with van der Waals surface area (Å²) in [6, 6.07) is 5.17. The summed E-state index contributed by atoms with van der Waals surface area (Å²) in [5.74, 6) is -0.968. The average molecular weight is 293 g/mol. The van der Waals surface area contributed by atoms with Gasteiger partial charge >= 0.3 is 5.97 Å². The third-order valence-corrected chi connectivity index (χ3v) is 5.51. The van der Waals surface area contributed by atoms with Crippen LogP contribution in [0.2, 0.25) is 0 Å². The van der Waals surface area contributed by atoms with Gasteiger partial charge in [-0.2, -0.15) is 11.8 Å². The molecule has 1 heterocycles. The van der Waals surface area contributed by atoms with Crippen LogP contribution in [0.3, 0.4) is 0 Å². The van der Waals surface area contributed by atoms with Crippen molar-refractivity contribution < 1.29 is 9.90 Å². The molecule has 20 heavy (non-hydrogen) atoms. The average Bonchev–Trinajstić information content (AvgIpc) is 2.87. The van der Waals surface area contributed by atoms with Crippen molar-refractivity contribution in [2.24, 2.45) is 0 Å². The van der Waals surface area contributed by atoms with E-state index in [9.17, 15) is 9.90 Å². The molecule has 1 aromatic heterocycles. The van der Waals surface area contributed by atoms with Crippen molar-refractivity contribution in [3.63, 3.8) is 0 Å². The van der Waals surface area contributed by atoms with E-state index in [1.54, 1.807) is 12.1 Å². The maximum Gasteiger partial charge on any atom is 0.338 e. The molecule has 0 unspecified atom stereocenters. The van der Waals surface area contributed by atoms with Crippen molar-refractivity contribution in [1.82, 2.24) is 15.0 Å². The molecule has 0 radical (unpaired) electrons. The number of rotatable bonds is 6. The van der Waals surface area contributed by atoms with Crippen molar-refractivity contribution in [2.45, 2.75) is 38.0 Å².